The fourth-order valence-corrected chi connectivity index (χ4v) is 3.23. The van der Waals surface area contributed by atoms with Gasteiger partial charge < -0.3 is 5.32 Å². The Morgan fingerprint density at radius 2 is 2.33 bits per heavy atom. The SMILES string of the molecule is CCC[C@@H](C)NC(=O)[C@@H](C)n1c(-c2cccs2)n[nH]c1=S. The predicted octanol–water partition coefficient (Wildman–Crippen LogP) is 3.53. The summed E-state index contributed by atoms with van der Waals surface area (Å²) in [7, 11) is 0. The van der Waals surface area contributed by atoms with Gasteiger partial charge in [-0.3, -0.25) is 14.5 Å². The van der Waals surface area contributed by atoms with Gasteiger partial charge in [-0.15, -0.1) is 11.3 Å². The summed E-state index contributed by atoms with van der Waals surface area (Å²) in [5.74, 6) is 0.673. The van der Waals surface area contributed by atoms with Crippen molar-refractivity contribution in [1.29, 1.82) is 0 Å². The molecule has 0 spiro atoms. The maximum atomic E-state index is 12.4. The molecule has 5 nitrogen and oxygen atoms in total. The number of H-pyrrole nitrogens is 1. The molecule has 2 rings (SSSR count). The molecule has 0 aliphatic rings. The lowest BCUT2D eigenvalue weighted by Crippen LogP contribution is -2.37. The van der Waals surface area contributed by atoms with E-state index in [0.29, 0.717) is 10.6 Å². The Kier molecular flexibility index (Phi) is 5.30. The van der Waals surface area contributed by atoms with Crippen molar-refractivity contribution >= 4 is 29.5 Å². The van der Waals surface area contributed by atoms with E-state index in [2.05, 4.69) is 22.4 Å². The van der Waals surface area contributed by atoms with Crippen LogP contribution in [0.15, 0.2) is 17.5 Å². The molecule has 0 aliphatic carbocycles. The van der Waals surface area contributed by atoms with Crippen molar-refractivity contribution in [2.75, 3.05) is 0 Å². The minimum absolute atomic E-state index is 0.0359. The summed E-state index contributed by atoms with van der Waals surface area (Å²) in [5.41, 5.74) is 0. The molecule has 2 aromatic heterocycles. The average molecular weight is 324 g/mol. The monoisotopic (exact) mass is 324 g/mol. The van der Waals surface area contributed by atoms with Crippen LogP contribution in [0.5, 0.6) is 0 Å². The van der Waals surface area contributed by atoms with Crippen molar-refractivity contribution in [3.05, 3.63) is 22.3 Å². The molecule has 2 aromatic rings. The Morgan fingerprint density at radius 3 is 2.95 bits per heavy atom. The fraction of sp³-hybridized carbons (Fsp3) is 0.500. The number of carbonyl (C=O) groups excluding carboxylic acids is 1. The zero-order valence-corrected chi connectivity index (χ0v) is 14.1. The summed E-state index contributed by atoms with van der Waals surface area (Å²) in [4.78, 5) is 13.4. The van der Waals surface area contributed by atoms with Gasteiger partial charge in [0.2, 0.25) is 5.91 Å². The van der Waals surface area contributed by atoms with E-state index >= 15 is 0 Å². The molecule has 2 heterocycles. The van der Waals surface area contributed by atoms with Gasteiger partial charge in [0.25, 0.3) is 0 Å². The van der Waals surface area contributed by atoms with Crippen LogP contribution in [0, 0.1) is 4.77 Å². The highest BCUT2D eigenvalue weighted by atomic mass is 32.1. The van der Waals surface area contributed by atoms with Crippen molar-refractivity contribution < 1.29 is 4.79 Å². The molecule has 0 saturated heterocycles. The van der Waals surface area contributed by atoms with Crippen LogP contribution in [0.4, 0.5) is 0 Å². The highest BCUT2D eigenvalue weighted by Gasteiger charge is 2.22. The van der Waals surface area contributed by atoms with Crippen LogP contribution in [-0.4, -0.2) is 26.7 Å². The van der Waals surface area contributed by atoms with Crippen LogP contribution in [0.2, 0.25) is 0 Å². The van der Waals surface area contributed by atoms with Crippen LogP contribution < -0.4 is 5.32 Å². The number of hydrogen-bond acceptors (Lipinski definition) is 4. The Morgan fingerprint density at radius 1 is 1.57 bits per heavy atom. The number of carbonyl (C=O) groups is 1. The molecule has 1 amide bonds. The molecule has 0 radical (unpaired) electrons. The maximum absolute atomic E-state index is 12.4. The van der Waals surface area contributed by atoms with E-state index in [1.807, 2.05) is 31.4 Å². The molecule has 0 bridgehead atoms. The number of nitrogens with zero attached hydrogens (tertiary/aromatic N) is 2. The first-order valence-electron chi connectivity index (χ1n) is 7.05. The van der Waals surface area contributed by atoms with Gasteiger partial charge in [-0.2, -0.15) is 5.10 Å². The highest BCUT2D eigenvalue weighted by molar-refractivity contribution is 7.71. The molecule has 21 heavy (non-hydrogen) atoms. The summed E-state index contributed by atoms with van der Waals surface area (Å²) in [5, 5.41) is 12.0. The van der Waals surface area contributed by atoms with Crippen LogP contribution in [0.1, 0.15) is 39.7 Å². The zero-order chi connectivity index (χ0) is 15.4. The van der Waals surface area contributed by atoms with Crippen molar-refractivity contribution in [1.82, 2.24) is 20.1 Å². The molecular weight excluding hydrogens is 304 g/mol. The van der Waals surface area contributed by atoms with Gasteiger partial charge in [-0.25, -0.2) is 0 Å². The number of hydrogen-bond donors (Lipinski definition) is 2. The Balaban J connectivity index is 2.23. The lowest BCUT2D eigenvalue weighted by atomic mass is 10.2. The van der Waals surface area contributed by atoms with Gasteiger partial charge in [0.15, 0.2) is 10.6 Å². The molecule has 7 heteroatoms. The fourth-order valence-electron chi connectivity index (χ4n) is 2.23. The zero-order valence-electron chi connectivity index (χ0n) is 12.4. The first-order valence-corrected chi connectivity index (χ1v) is 8.34. The van der Waals surface area contributed by atoms with Crippen molar-refractivity contribution in [3.8, 4) is 10.7 Å². The second kappa shape index (κ2) is 7.00. The minimum atomic E-state index is -0.396. The van der Waals surface area contributed by atoms with Crippen molar-refractivity contribution in [2.45, 2.75) is 45.7 Å². The molecule has 114 valence electrons. The molecule has 0 saturated carbocycles. The van der Waals surface area contributed by atoms with Gasteiger partial charge >= 0.3 is 0 Å². The standard InChI is InChI=1S/C14H20N4OS2/c1-4-6-9(2)15-13(19)10(3)18-12(16-17-14(18)20)11-7-5-8-21-11/h5,7-10H,4,6H2,1-3H3,(H,15,19)(H,17,20)/t9-,10-/m1/s1. The molecule has 0 fully saturated rings. The summed E-state index contributed by atoms with van der Waals surface area (Å²) in [6, 6.07) is 3.69. The molecule has 0 aromatic carbocycles. The predicted molar refractivity (Wildman–Crippen MR) is 87.9 cm³/mol. The second-order valence-electron chi connectivity index (χ2n) is 5.07. The highest BCUT2D eigenvalue weighted by Crippen LogP contribution is 2.25. The van der Waals surface area contributed by atoms with Crippen LogP contribution >= 0.6 is 23.6 Å². The van der Waals surface area contributed by atoms with Crippen LogP contribution in [0.3, 0.4) is 0 Å². The van der Waals surface area contributed by atoms with Gasteiger partial charge in [0.05, 0.1) is 4.88 Å². The first-order chi connectivity index (χ1) is 10.0. The third-order valence-electron chi connectivity index (χ3n) is 3.32. The van der Waals surface area contributed by atoms with Gasteiger partial charge in [0.1, 0.15) is 6.04 Å². The number of thiophene rings is 1. The number of aromatic nitrogens is 3. The molecule has 2 N–H and O–H groups in total. The number of nitrogens with one attached hydrogen (secondary N) is 2. The van der Waals surface area contributed by atoms with E-state index in [1.54, 1.807) is 15.9 Å². The minimum Gasteiger partial charge on any atom is -0.352 e. The Labute approximate surface area is 133 Å². The van der Waals surface area contributed by atoms with Gasteiger partial charge in [-0.05, 0) is 43.9 Å². The molecular formula is C14H20N4OS2. The Hall–Kier alpha value is -1.47. The van der Waals surface area contributed by atoms with E-state index in [4.69, 9.17) is 12.2 Å². The van der Waals surface area contributed by atoms with Crippen LogP contribution in [0.25, 0.3) is 10.7 Å². The smallest absolute Gasteiger partial charge is 0.243 e. The van der Waals surface area contributed by atoms with Crippen molar-refractivity contribution in [3.63, 3.8) is 0 Å². The van der Waals surface area contributed by atoms with E-state index < -0.39 is 6.04 Å². The quantitative estimate of drug-likeness (QED) is 0.799. The molecule has 0 unspecified atom stereocenters. The van der Waals surface area contributed by atoms with Crippen LogP contribution in [-0.2, 0) is 4.79 Å². The van der Waals surface area contributed by atoms with E-state index in [-0.39, 0.29) is 11.9 Å². The third-order valence-corrected chi connectivity index (χ3v) is 4.48. The maximum Gasteiger partial charge on any atom is 0.243 e. The number of amides is 1. The van der Waals surface area contributed by atoms with Gasteiger partial charge in [0, 0.05) is 6.04 Å². The normalized spacial score (nSPS) is 13.9. The lowest BCUT2D eigenvalue weighted by molar-refractivity contribution is -0.124. The summed E-state index contributed by atoms with van der Waals surface area (Å²) in [6.07, 6.45) is 2.01. The van der Waals surface area contributed by atoms with Gasteiger partial charge in [-0.1, -0.05) is 19.4 Å². The summed E-state index contributed by atoms with van der Waals surface area (Å²) in [6.45, 7) is 5.96. The first kappa shape index (κ1) is 15.9. The summed E-state index contributed by atoms with van der Waals surface area (Å²) < 4.78 is 2.24. The third kappa shape index (κ3) is 3.59. The van der Waals surface area contributed by atoms with E-state index in [0.717, 1.165) is 17.7 Å². The topological polar surface area (TPSA) is 62.7 Å². The molecule has 0 aliphatic heterocycles. The summed E-state index contributed by atoms with van der Waals surface area (Å²) >= 11 is 6.85. The number of aromatic amines is 1. The van der Waals surface area contributed by atoms with Crippen molar-refractivity contribution in [2.24, 2.45) is 0 Å². The Bertz CT molecular complexity index is 644. The van der Waals surface area contributed by atoms with E-state index in [1.165, 1.54) is 0 Å². The van der Waals surface area contributed by atoms with E-state index in [9.17, 15) is 4.79 Å². The average Bonchev–Trinajstić information content (AvgIpc) is 3.06. The second-order valence-corrected chi connectivity index (χ2v) is 6.41. The largest absolute Gasteiger partial charge is 0.352 e. The molecule has 2 atom stereocenters. The lowest BCUT2D eigenvalue weighted by Gasteiger charge is -2.18. The number of rotatable bonds is 6.